The summed E-state index contributed by atoms with van der Waals surface area (Å²) in [5, 5.41) is 8.56. The van der Waals surface area contributed by atoms with E-state index >= 15 is 0 Å². The maximum Gasteiger partial charge on any atom is 0.253 e. The van der Waals surface area contributed by atoms with Gasteiger partial charge in [-0.15, -0.1) is 10.2 Å². The highest BCUT2D eigenvalue weighted by Gasteiger charge is 2.22. The molecule has 3 aromatic rings. The summed E-state index contributed by atoms with van der Waals surface area (Å²) >= 11 is 0. The first-order valence-electron chi connectivity index (χ1n) is 8.22. The Morgan fingerprint density at radius 1 is 0.880 bits per heavy atom. The van der Waals surface area contributed by atoms with E-state index in [0.717, 1.165) is 30.3 Å². The molecule has 7 nitrogen and oxygen atoms in total. The quantitative estimate of drug-likeness (QED) is 0.728. The summed E-state index contributed by atoms with van der Waals surface area (Å²) in [7, 11) is 0. The molecule has 25 heavy (non-hydrogen) atoms. The van der Waals surface area contributed by atoms with E-state index in [-0.39, 0.29) is 5.91 Å². The molecule has 0 saturated carbocycles. The fraction of sp³-hybridized carbons (Fsp3) is 0.222. The Bertz CT molecular complexity index is 824. The third kappa shape index (κ3) is 3.21. The van der Waals surface area contributed by atoms with Crippen LogP contribution in [0.2, 0.25) is 0 Å². The summed E-state index contributed by atoms with van der Waals surface area (Å²) in [6, 6.07) is 13.3. The van der Waals surface area contributed by atoms with Gasteiger partial charge in [-0.3, -0.25) is 9.36 Å². The first-order valence-corrected chi connectivity index (χ1v) is 8.22. The van der Waals surface area contributed by atoms with Crippen LogP contribution in [-0.4, -0.2) is 56.7 Å². The van der Waals surface area contributed by atoms with Gasteiger partial charge in [0.15, 0.2) is 11.6 Å². The lowest BCUT2D eigenvalue weighted by atomic mass is 10.2. The fourth-order valence-electron chi connectivity index (χ4n) is 2.92. The van der Waals surface area contributed by atoms with Gasteiger partial charge in [-0.25, -0.2) is 4.98 Å². The molecule has 1 amide bonds. The lowest BCUT2D eigenvalue weighted by Gasteiger charge is -2.35. The molecule has 0 spiro atoms. The monoisotopic (exact) mass is 334 g/mol. The van der Waals surface area contributed by atoms with Gasteiger partial charge in [0.05, 0.1) is 0 Å². The zero-order chi connectivity index (χ0) is 17.1. The zero-order valence-corrected chi connectivity index (χ0v) is 13.7. The van der Waals surface area contributed by atoms with Crippen molar-refractivity contribution in [1.29, 1.82) is 0 Å². The number of piperazine rings is 1. The number of hydrogen-bond donors (Lipinski definition) is 0. The number of imidazole rings is 1. The molecule has 0 N–H and O–H groups in total. The molecule has 0 atom stereocenters. The Balaban J connectivity index is 1.39. The largest absolute Gasteiger partial charge is 0.352 e. The topological polar surface area (TPSA) is 67.2 Å². The van der Waals surface area contributed by atoms with Crippen LogP contribution in [0.5, 0.6) is 0 Å². The number of carbonyl (C=O) groups is 1. The van der Waals surface area contributed by atoms with Crippen molar-refractivity contribution in [2.45, 2.75) is 0 Å². The fourth-order valence-corrected chi connectivity index (χ4v) is 2.92. The zero-order valence-electron chi connectivity index (χ0n) is 13.7. The van der Waals surface area contributed by atoms with E-state index in [4.69, 9.17) is 0 Å². The second-order valence-electron chi connectivity index (χ2n) is 5.86. The van der Waals surface area contributed by atoms with Crippen LogP contribution in [-0.2, 0) is 0 Å². The van der Waals surface area contributed by atoms with Gasteiger partial charge < -0.3 is 9.80 Å². The summed E-state index contributed by atoms with van der Waals surface area (Å²) in [6.07, 6.45) is 5.23. The SMILES string of the molecule is O=C(c1ccccc1)N1CCN(c2ccc(-n3ccnc3)nn2)CC1. The van der Waals surface area contributed by atoms with Crippen LogP contribution in [0.25, 0.3) is 5.82 Å². The number of nitrogens with zero attached hydrogens (tertiary/aromatic N) is 6. The van der Waals surface area contributed by atoms with Gasteiger partial charge in [0.1, 0.15) is 6.33 Å². The Morgan fingerprint density at radius 2 is 1.60 bits per heavy atom. The molecule has 0 radical (unpaired) electrons. The maximum atomic E-state index is 12.5. The molecule has 1 aromatic carbocycles. The third-order valence-corrected chi connectivity index (χ3v) is 4.32. The number of hydrogen-bond acceptors (Lipinski definition) is 5. The molecule has 7 heteroatoms. The maximum absolute atomic E-state index is 12.5. The van der Waals surface area contributed by atoms with E-state index in [0.29, 0.717) is 13.1 Å². The Kier molecular flexibility index (Phi) is 4.12. The Morgan fingerprint density at radius 3 is 2.24 bits per heavy atom. The number of carbonyl (C=O) groups excluding carboxylic acids is 1. The summed E-state index contributed by atoms with van der Waals surface area (Å²) in [4.78, 5) is 20.5. The molecule has 1 aliphatic heterocycles. The minimum atomic E-state index is 0.0850. The molecule has 0 unspecified atom stereocenters. The highest BCUT2D eigenvalue weighted by atomic mass is 16.2. The minimum Gasteiger partial charge on any atom is -0.352 e. The highest BCUT2D eigenvalue weighted by Crippen LogP contribution is 2.15. The first kappa shape index (κ1) is 15.3. The third-order valence-electron chi connectivity index (χ3n) is 4.32. The van der Waals surface area contributed by atoms with Crippen LogP contribution in [0.1, 0.15) is 10.4 Å². The van der Waals surface area contributed by atoms with E-state index in [1.165, 1.54) is 0 Å². The number of aromatic nitrogens is 4. The van der Waals surface area contributed by atoms with Crippen molar-refractivity contribution in [3.8, 4) is 5.82 Å². The Labute approximate surface area is 145 Å². The number of anilines is 1. The van der Waals surface area contributed by atoms with E-state index in [1.54, 1.807) is 12.5 Å². The summed E-state index contributed by atoms with van der Waals surface area (Å²) in [5.41, 5.74) is 0.737. The lowest BCUT2D eigenvalue weighted by Crippen LogP contribution is -2.49. The molecule has 1 aliphatic rings. The van der Waals surface area contributed by atoms with Gasteiger partial charge in [0.2, 0.25) is 0 Å². The van der Waals surface area contributed by atoms with Crippen LogP contribution in [0.4, 0.5) is 5.82 Å². The second kappa shape index (κ2) is 6.72. The van der Waals surface area contributed by atoms with Crippen molar-refractivity contribution in [1.82, 2.24) is 24.6 Å². The van der Waals surface area contributed by atoms with Crippen LogP contribution in [0, 0.1) is 0 Å². The van der Waals surface area contributed by atoms with Gasteiger partial charge in [0, 0.05) is 44.1 Å². The molecule has 1 fully saturated rings. The van der Waals surface area contributed by atoms with E-state index in [2.05, 4.69) is 20.1 Å². The summed E-state index contributed by atoms with van der Waals surface area (Å²) < 4.78 is 1.81. The van der Waals surface area contributed by atoms with Crippen LogP contribution < -0.4 is 4.90 Å². The number of amides is 1. The van der Waals surface area contributed by atoms with Gasteiger partial charge >= 0.3 is 0 Å². The normalized spacial score (nSPS) is 14.6. The van der Waals surface area contributed by atoms with Gasteiger partial charge in [0.25, 0.3) is 5.91 Å². The van der Waals surface area contributed by atoms with Crippen LogP contribution in [0.15, 0.2) is 61.2 Å². The molecule has 126 valence electrons. The average Bonchev–Trinajstić information content (AvgIpc) is 3.23. The van der Waals surface area contributed by atoms with Crippen molar-refractivity contribution in [3.05, 3.63) is 66.7 Å². The molecule has 1 saturated heterocycles. The van der Waals surface area contributed by atoms with Crippen molar-refractivity contribution in [2.24, 2.45) is 0 Å². The molecule has 3 heterocycles. The van der Waals surface area contributed by atoms with Crippen molar-refractivity contribution >= 4 is 11.7 Å². The van der Waals surface area contributed by atoms with Crippen LogP contribution >= 0.6 is 0 Å². The predicted octanol–water partition coefficient (Wildman–Crippen LogP) is 1.62. The van der Waals surface area contributed by atoms with E-state index in [1.807, 2.05) is 58.1 Å². The summed E-state index contributed by atoms with van der Waals surface area (Å²) in [6.45, 7) is 2.85. The van der Waals surface area contributed by atoms with E-state index in [9.17, 15) is 4.79 Å². The predicted molar refractivity (Wildman–Crippen MR) is 93.7 cm³/mol. The standard InChI is InChI=1S/C18H18N6O/c25-18(15-4-2-1-3-5-15)23-12-10-22(11-13-23)16-6-7-17(21-20-16)24-9-8-19-14-24/h1-9,14H,10-13H2. The Hall–Kier alpha value is -3.22. The number of benzene rings is 1. The van der Waals surface area contributed by atoms with Crippen molar-refractivity contribution in [3.63, 3.8) is 0 Å². The number of rotatable bonds is 3. The first-order chi connectivity index (χ1) is 12.3. The smallest absolute Gasteiger partial charge is 0.253 e. The summed E-state index contributed by atoms with van der Waals surface area (Å²) in [5.74, 6) is 1.65. The molecule has 0 aliphatic carbocycles. The highest BCUT2D eigenvalue weighted by molar-refractivity contribution is 5.94. The molecule has 2 aromatic heterocycles. The molecule has 0 bridgehead atoms. The molecule has 4 rings (SSSR count). The van der Waals surface area contributed by atoms with Crippen molar-refractivity contribution < 1.29 is 4.79 Å². The van der Waals surface area contributed by atoms with E-state index < -0.39 is 0 Å². The van der Waals surface area contributed by atoms with Crippen molar-refractivity contribution in [2.75, 3.05) is 31.1 Å². The van der Waals surface area contributed by atoms with Gasteiger partial charge in [-0.05, 0) is 24.3 Å². The van der Waals surface area contributed by atoms with Crippen LogP contribution in [0.3, 0.4) is 0 Å². The second-order valence-corrected chi connectivity index (χ2v) is 5.86. The minimum absolute atomic E-state index is 0.0850. The lowest BCUT2D eigenvalue weighted by molar-refractivity contribution is 0.0746. The molecular formula is C18H18N6O. The van der Waals surface area contributed by atoms with Gasteiger partial charge in [-0.1, -0.05) is 18.2 Å². The van der Waals surface area contributed by atoms with Gasteiger partial charge in [-0.2, -0.15) is 0 Å². The average molecular weight is 334 g/mol. The molecular weight excluding hydrogens is 316 g/mol.